The number of rotatable bonds is 8. The van der Waals surface area contributed by atoms with Crippen LogP contribution in [0.15, 0.2) is 18.2 Å². The van der Waals surface area contributed by atoms with Gasteiger partial charge in [0.1, 0.15) is 11.9 Å². The van der Waals surface area contributed by atoms with Gasteiger partial charge in [0.2, 0.25) is 0 Å². The molecule has 118 valence electrons. The first-order valence-corrected chi connectivity index (χ1v) is 6.98. The van der Waals surface area contributed by atoms with Crippen LogP contribution in [-0.4, -0.2) is 42.0 Å². The minimum Gasteiger partial charge on any atom is -0.465 e. The molecule has 0 aromatic heterocycles. The number of ketones is 1. The Morgan fingerprint density at radius 1 is 1.41 bits per heavy atom. The van der Waals surface area contributed by atoms with E-state index in [1.54, 1.807) is 6.07 Å². The molecule has 0 aliphatic carbocycles. The molecule has 0 bridgehead atoms. The Balaban J connectivity index is 2.71. The van der Waals surface area contributed by atoms with Crippen LogP contribution in [0.3, 0.4) is 0 Å². The van der Waals surface area contributed by atoms with Crippen LogP contribution in [-0.2, 0) is 11.2 Å². The summed E-state index contributed by atoms with van der Waals surface area (Å²) in [4.78, 5) is 22.1. The predicted molar refractivity (Wildman–Crippen MR) is 78.4 cm³/mol. The van der Waals surface area contributed by atoms with Crippen molar-refractivity contribution in [3.05, 3.63) is 35.1 Å². The SMILES string of the molecule is N#Cc1cc(CC(NCCNC(=O)O)C(=O)CCl)ccc1F. The Labute approximate surface area is 131 Å². The first-order chi connectivity index (χ1) is 10.5. The van der Waals surface area contributed by atoms with Gasteiger partial charge < -0.3 is 15.7 Å². The highest BCUT2D eigenvalue weighted by molar-refractivity contribution is 6.28. The largest absolute Gasteiger partial charge is 0.465 e. The van der Waals surface area contributed by atoms with Crippen LogP contribution in [0.5, 0.6) is 0 Å². The molecule has 0 radical (unpaired) electrons. The molecule has 0 saturated heterocycles. The fourth-order valence-corrected chi connectivity index (χ4v) is 2.02. The summed E-state index contributed by atoms with van der Waals surface area (Å²) in [6.45, 7) is 0.375. The standard InChI is InChI=1S/C14H15ClFN3O3/c15-7-13(20)12(18-3-4-19-14(21)22)6-9-1-2-11(16)10(5-9)8-17/h1-2,5,12,18-19H,3-4,6-7H2,(H,21,22). The summed E-state index contributed by atoms with van der Waals surface area (Å²) < 4.78 is 13.3. The van der Waals surface area contributed by atoms with E-state index in [-0.39, 0.29) is 36.7 Å². The molecule has 1 aromatic rings. The number of halogens is 2. The quantitative estimate of drug-likeness (QED) is 0.493. The number of amides is 1. The molecule has 0 aliphatic heterocycles. The van der Waals surface area contributed by atoms with Crippen molar-refractivity contribution in [2.45, 2.75) is 12.5 Å². The van der Waals surface area contributed by atoms with Crippen molar-refractivity contribution in [3.8, 4) is 6.07 Å². The molecule has 3 N–H and O–H groups in total. The fraction of sp³-hybridized carbons (Fsp3) is 0.357. The van der Waals surface area contributed by atoms with Gasteiger partial charge in [-0.2, -0.15) is 5.26 Å². The second-order valence-corrected chi connectivity index (χ2v) is 4.74. The van der Waals surface area contributed by atoms with Crippen LogP contribution < -0.4 is 10.6 Å². The average Bonchev–Trinajstić information content (AvgIpc) is 2.50. The van der Waals surface area contributed by atoms with E-state index in [2.05, 4.69) is 10.6 Å². The lowest BCUT2D eigenvalue weighted by atomic mass is 10.0. The number of carbonyl (C=O) groups excluding carboxylic acids is 1. The van der Waals surface area contributed by atoms with Crippen LogP contribution in [0.25, 0.3) is 0 Å². The molecule has 0 fully saturated rings. The minimum atomic E-state index is -1.15. The van der Waals surface area contributed by atoms with Crippen molar-refractivity contribution in [2.24, 2.45) is 0 Å². The van der Waals surface area contributed by atoms with Crippen molar-refractivity contribution >= 4 is 23.5 Å². The van der Waals surface area contributed by atoms with Crippen LogP contribution in [0.1, 0.15) is 11.1 Å². The van der Waals surface area contributed by atoms with E-state index >= 15 is 0 Å². The molecule has 1 aromatic carbocycles. The molecule has 6 nitrogen and oxygen atoms in total. The van der Waals surface area contributed by atoms with Crippen LogP contribution in [0.2, 0.25) is 0 Å². The second kappa shape index (κ2) is 8.97. The molecule has 0 spiro atoms. The van der Waals surface area contributed by atoms with Crippen molar-refractivity contribution in [1.29, 1.82) is 5.26 Å². The van der Waals surface area contributed by atoms with Crippen molar-refractivity contribution in [1.82, 2.24) is 10.6 Å². The second-order valence-electron chi connectivity index (χ2n) is 4.47. The molecule has 8 heteroatoms. The van der Waals surface area contributed by atoms with Gasteiger partial charge in [0, 0.05) is 13.1 Å². The van der Waals surface area contributed by atoms with Gasteiger partial charge in [0.25, 0.3) is 0 Å². The molecule has 1 unspecified atom stereocenters. The van der Waals surface area contributed by atoms with E-state index in [1.165, 1.54) is 18.2 Å². The fourth-order valence-electron chi connectivity index (χ4n) is 1.83. The number of benzene rings is 1. The third kappa shape index (κ3) is 5.68. The molecular formula is C14H15ClFN3O3. The molecule has 1 rings (SSSR count). The lowest BCUT2D eigenvalue weighted by molar-refractivity contribution is -0.118. The van der Waals surface area contributed by atoms with Gasteiger partial charge in [0.05, 0.1) is 17.5 Å². The van der Waals surface area contributed by atoms with Crippen molar-refractivity contribution in [2.75, 3.05) is 19.0 Å². The van der Waals surface area contributed by atoms with Gasteiger partial charge in [-0.1, -0.05) is 6.07 Å². The van der Waals surface area contributed by atoms with Gasteiger partial charge in [-0.05, 0) is 24.1 Å². The summed E-state index contributed by atoms with van der Waals surface area (Å²) >= 11 is 5.55. The lowest BCUT2D eigenvalue weighted by Crippen LogP contribution is -2.43. The van der Waals surface area contributed by atoms with Crippen LogP contribution in [0.4, 0.5) is 9.18 Å². The van der Waals surface area contributed by atoms with Crippen LogP contribution in [0, 0.1) is 17.1 Å². The predicted octanol–water partition coefficient (Wildman–Crippen LogP) is 1.27. The maximum atomic E-state index is 13.3. The Morgan fingerprint density at radius 2 is 2.14 bits per heavy atom. The third-order valence-electron chi connectivity index (χ3n) is 2.90. The highest BCUT2D eigenvalue weighted by atomic mass is 35.5. The van der Waals surface area contributed by atoms with Gasteiger partial charge in [-0.15, -0.1) is 11.6 Å². The number of nitrogens with zero attached hydrogens (tertiary/aromatic N) is 1. The van der Waals surface area contributed by atoms with E-state index in [0.717, 1.165) is 0 Å². The zero-order valence-corrected chi connectivity index (χ0v) is 12.4. The number of nitrogens with one attached hydrogen (secondary N) is 2. The Kier molecular flexibility index (Phi) is 7.29. The van der Waals surface area contributed by atoms with Gasteiger partial charge in [-0.3, -0.25) is 4.79 Å². The van der Waals surface area contributed by atoms with Crippen LogP contribution >= 0.6 is 11.6 Å². The van der Waals surface area contributed by atoms with Gasteiger partial charge >= 0.3 is 6.09 Å². The Bertz CT molecular complexity index is 589. The highest BCUT2D eigenvalue weighted by Crippen LogP contribution is 2.12. The summed E-state index contributed by atoms with van der Waals surface area (Å²) in [6, 6.07) is 5.13. The smallest absolute Gasteiger partial charge is 0.404 e. The number of alkyl halides is 1. The highest BCUT2D eigenvalue weighted by Gasteiger charge is 2.18. The topological polar surface area (TPSA) is 102 Å². The van der Waals surface area contributed by atoms with Crippen molar-refractivity contribution in [3.63, 3.8) is 0 Å². The van der Waals surface area contributed by atoms with E-state index in [1.807, 2.05) is 0 Å². The lowest BCUT2D eigenvalue weighted by Gasteiger charge is -2.17. The number of hydrogen-bond acceptors (Lipinski definition) is 4. The first-order valence-electron chi connectivity index (χ1n) is 6.45. The monoisotopic (exact) mass is 327 g/mol. The maximum Gasteiger partial charge on any atom is 0.404 e. The number of carboxylic acid groups (broad SMARTS) is 1. The van der Waals surface area contributed by atoms with Gasteiger partial charge in [-0.25, -0.2) is 9.18 Å². The maximum absolute atomic E-state index is 13.3. The summed E-state index contributed by atoms with van der Waals surface area (Å²) in [7, 11) is 0. The molecule has 0 saturated carbocycles. The number of Topliss-reactive ketones (excluding diaryl/α,β-unsaturated/α-hetero) is 1. The Morgan fingerprint density at radius 3 is 2.73 bits per heavy atom. The summed E-state index contributed by atoms with van der Waals surface area (Å²) in [6.07, 6.45) is -0.924. The molecule has 1 atom stereocenters. The van der Waals surface area contributed by atoms with E-state index in [4.69, 9.17) is 22.0 Å². The van der Waals surface area contributed by atoms with E-state index in [0.29, 0.717) is 5.56 Å². The van der Waals surface area contributed by atoms with E-state index < -0.39 is 18.0 Å². The normalized spacial score (nSPS) is 11.5. The van der Waals surface area contributed by atoms with Crippen molar-refractivity contribution < 1.29 is 19.1 Å². The summed E-state index contributed by atoms with van der Waals surface area (Å²) in [5, 5.41) is 22.3. The summed E-state index contributed by atoms with van der Waals surface area (Å²) in [5.41, 5.74) is 0.516. The number of nitriles is 1. The third-order valence-corrected chi connectivity index (χ3v) is 3.17. The average molecular weight is 328 g/mol. The van der Waals surface area contributed by atoms with Gasteiger partial charge in [0.15, 0.2) is 5.78 Å². The molecule has 1 amide bonds. The molecule has 0 aliphatic rings. The molecule has 22 heavy (non-hydrogen) atoms. The Hall–Kier alpha value is -2.17. The first kappa shape index (κ1) is 17.9. The number of hydrogen-bond donors (Lipinski definition) is 3. The minimum absolute atomic E-state index is 0.0953. The summed E-state index contributed by atoms with van der Waals surface area (Å²) in [5.74, 6) is -1.08. The zero-order valence-electron chi connectivity index (χ0n) is 11.6. The zero-order chi connectivity index (χ0) is 16.5. The number of carbonyl (C=O) groups is 2. The van der Waals surface area contributed by atoms with E-state index in [9.17, 15) is 14.0 Å². The molecule has 0 heterocycles. The molecular weight excluding hydrogens is 313 g/mol.